The molecule has 0 aliphatic heterocycles. The molecule has 0 radical (unpaired) electrons. The number of aryl methyl sites for hydroxylation is 2. The first-order valence-corrected chi connectivity index (χ1v) is 7.52. The van der Waals surface area contributed by atoms with Crippen LogP contribution in [0.2, 0.25) is 5.02 Å². The summed E-state index contributed by atoms with van der Waals surface area (Å²) in [6.45, 7) is 3.58. The summed E-state index contributed by atoms with van der Waals surface area (Å²) in [5.74, 6) is 0.821. The maximum atomic E-state index is 5.95. The van der Waals surface area contributed by atoms with E-state index in [2.05, 4.69) is 30.8 Å². The van der Waals surface area contributed by atoms with Gasteiger partial charge in [-0.3, -0.25) is 0 Å². The Labute approximate surface area is 132 Å². The lowest BCUT2D eigenvalue weighted by molar-refractivity contribution is 0.190. The zero-order chi connectivity index (χ0) is 14.5. The average molecular weight is 359 g/mol. The van der Waals surface area contributed by atoms with Crippen molar-refractivity contribution < 1.29 is 4.74 Å². The summed E-state index contributed by atoms with van der Waals surface area (Å²) in [7, 11) is 1.71. The molecule has 6 heteroatoms. The molecular weight excluding hydrogens is 342 g/mol. The quantitative estimate of drug-likeness (QED) is 0.779. The van der Waals surface area contributed by atoms with Gasteiger partial charge in [0.15, 0.2) is 0 Å². The van der Waals surface area contributed by atoms with Gasteiger partial charge in [0.1, 0.15) is 0 Å². The van der Waals surface area contributed by atoms with Crippen molar-refractivity contribution in [2.24, 2.45) is 0 Å². The van der Waals surface area contributed by atoms with Crippen LogP contribution in [0, 0.1) is 6.92 Å². The Kier molecular flexibility index (Phi) is 5.46. The first kappa shape index (κ1) is 15.4. The molecule has 1 aromatic carbocycles. The monoisotopic (exact) mass is 357 g/mol. The second-order valence-electron chi connectivity index (χ2n) is 4.49. The normalized spacial score (nSPS) is 10.8. The molecular formula is C14H17BrClN3O. The summed E-state index contributed by atoms with van der Waals surface area (Å²) < 4.78 is 8.09. The molecule has 1 N–H and O–H groups in total. The van der Waals surface area contributed by atoms with Gasteiger partial charge in [-0.25, -0.2) is 4.98 Å². The van der Waals surface area contributed by atoms with Gasteiger partial charge in [0, 0.05) is 36.0 Å². The molecule has 4 nitrogen and oxygen atoms in total. The van der Waals surface area contributed by atoms with Gasteiger partial charge in [-0.2, -0.15) is 0 Å². The highest BCUT2D eigenvalue weighted by Crippen LogP contribution is 2.28. The summed E-state index contributed by atoms with van der Waals surface area (Å²) in [5.41, 5.74) is 1.92. The SMILES string of the molecule is COCCCn1cc(C)nc1Nc1ccc(Cl)cc1Br. The number of aromatic nitrogens is 2. The molecule has 1 aromatic heterocycles. The summed E-state index contributed by atoms with van der Waals surface area (Å²) in [6.07, 6.45) is 2.98. The summed E-state index contributed by atoms with van der Waals surface area (Å²) >= 11 is 9.44. The van der Waals surface area contributed by atoms with Crippen LogP contribution in [0.15, 0.2) is 28.9 Å². The molecule has 1 heterocycles. The number of hydrogen-bond donors (Lipinski definition) is 1. The number of nitrogens with zero attached hydrogens (tertiary/aromatic N) is 2. The van der Waals surface area contributed by atoms with Crippen molar-refractivity contribution in [3.05, 3.63) is 39.6 Å². The van der Waals surface area contributed by atoms with E-state index in [4.69, 9.17) is 16.3 Å². The van der Waals surface area contributed by atoms with Crippen LogP contribution in [-0.2, 0) is 11.3 Å². The summed E-state index contributed by atoms with van der Waals surface area (Å²) in [4.78, 5) is 4.51. The molecule has 108 valence electrons. The molecule has 0 atom stereocenters. The van der Waals surface area contributed by atoms with E-state index in [1.165, 1.54) is 0 Å². The summed E-state index contributed by atoms with van der Waals surface area (Å²) in [6, 6.07) is 5.63. The number of imidazole rings is 1. The minimum Gasteiger partial charge on any atom is -0.385 e. The van der Waals surface area contributed by atoms with Crippen LogP contribution in [-0.4, -0.2) is 23.3 Å². The average Bonchev–Trinajstić information content (AvgIpc) is 2.73. The van der Waals surface area contributed by atoms with E-state index in [1.54, 1.807) is 7.11 Å². The van der Waals surface area contributed by atoms with E-state index >= 15 is 0 Å². The van der Waals surface area contributed by atoms with Crippen molar-refractivity contribution in [2.45, 2.75) is 19.9 Å². The van der Waals surface area contributed by atoms with Crippen LogP contribution in [0.25, 0.3) is 0 Å². The Morgan fingerprint density at radius 1 is 1.45 bits per heavy atom. The number of anilines is 2. The number of hydrogen-bond acceptors (Lipinski definition) is 3. The van der Waals surface area contributed by atoms with Crippen molar-refractivity contribution in [3.8, 4) is 0 Å². The van der Waals surface area contributed by atoms with E-state index in [-0.39, 0.29) is 0 Å². The highest BCUT2D eigenvalue weighted by molar-refractivity contribution is 9.10. The first-order valence-electron chi connectivity index (χ1n) is 6.35. The molecule has 0 saturated carbocycles. The number of benzene rings is 1. The maximum absolute atomic E-state index is 5.95. The number of ether oxygens (including phenoxy) is 1. The lowest BCUT2D eigenvalue weighted by Gasteiger charge is -2.11. The smallest absolute Gasteiger partial charge is 0.207 e. The van der Waals surface area contributed by atoms with Gasteiger partial charge in [-0.05, 0) is 47.5 Å². The molecule has 2 aromatic rings. The van der Waals surface area contributed by atoms with E-state index < -0.39 is 0 Å². The van der Waals surface area contributed by atoms with Gasteiger partial charge in [0.2, 0.25) is 5.95 Å². The third kappa shape index (κ3) is 3.98. The van der Waals surface area contributed by atoms with Crippen molar-refractivity contribution in [3.63, 3.8) is 0 Å². The number of methoxy groups -OCH3 is 1. The fourth-order valence-electron chi connectivity index (χ4n) is 1.91. The Morgan fingerprint density at radius 2 is 2.25 bits per heavy atom. The largest absolute Gasteiger partial charge is 0.385 e. The lowest BCUT2D eigenvalue weighted by Crippen LogP contribution is -2.05. The first-order chi connectivity index (χ1) is 9.60. The van der Waals surface area contributed by atoms with Crippen molar-refractivity contribution in [1.29, 1.82) is 0 Å². The number of halogens is 2. The summed E-state index contributed by atoms with van der Waals surface area (Å²) in [5, 5.41) is 4.02. The fourth-order valence-corrected chi connectivity index (χ4v) is 2.69. The van der Waals surface area contributed by atoms with E-state index in [0.717, 1.165) is 41.4 Å². The van der Waals surface area contributed by atoms with Gasteiger partial charge in [0.05, 0.1) is 11.4 Å². The Morgan fingerprint density at radius 3 is 2.95 bits per heavy atom. The molecule has 0 saturated heterocycles. The fraction of sp³-hybridized carbons (Fsp3) is 0.357. The molecule has 0 bridgehead atoms. The Bertz CT molecular complexity index is 586. The van der Waals surface area contributed by atoms with Crippen molar-refractivity contribution >= 4 is 39.2 Å². The predicted octanol–water partition coefficient (Wildman–Crippen LogP) is 4.39. The van der Waals surface area contributed by atoms with Crippen LogP contribution in [0.3, 0.4) is 0 Å². The van der Waals surface area contributed by atoms with Crippen LogP contribution in [0.4, 0.5) is 11.6 Å². The Balaban J connectivity index is 2.15. The molecule has 20 heavy (non-hydrogen) atoms. The zero-order valence-corrected chi connectivity index (χ0v) is 13.8. The molecule has 0 amide bonds. The number of rotatable bonds is 6. The minimum atomic E-state index is 0.696. The topological polar surface area (TPSA) is 39.1 Å². The highest BCUT2D eigenvalue weighted by atomic mass is 79.9. The molecule has 0 aliphatic rings. The third-order valence-electron chi connectivity index (χ3n) is 2.82. The van der Waals surface area contributed by atoms with Gasteiger partial charge >= 0.3 is 0 Å². The third-order valence-corrected chi connectivity index (χ3v) is 3.71. The molecule has 2 rings (SSSR count). The Hall–Kier alpha value is -1.04. The standard InChI is InChI=1S/C14H17BrClN3O/c1-10-9-19(6-3-7-20-2)14(17-10)18-13-5-4-11(16)8-12(13)15/h4-5,8-9H,3,6-7H2,1-2H3,(H,17,18). The maximum Gasteiger partial charge on any atom is 0.207 e. The van der Waals surface area contributed by atoms with E-state index in [0.29, 0.717) is 5.02 Å². The second-order valence-corrected chi connectivity index (χ2v) is 5.79. The van der Waals surface area contributed by atoms with Gasteiger partial charge < -0.3 is 14.6 Å². The van der Waals surface area contributed by atoms with Crippen LogP contribution >= 0.6 is 27.5 Å². The van der Waals surface area contributed by atoms with Crippen LogP contribution < -0.4 is 5.32 Å². The van der Waals surface area contributed by atoms with Crippen molar-refractivity contribution in [1.82, 2.24) is 9.55 Å². The van der Waals surface area contributed by atoms with Crippen LogP contribution in [0.5, 0.6) is 0 Å². The van der Waals surface area contributed by atoms with Gasteiger partial charge in [-0.15, -0.1) is 0 Å². The van der Waals surface area contributed by atoms with Crippen molar-refractivity contribution in [2.75, 3.05) is 19.0 Å². The lowest BCUT2D eigenvalue weighted by atomic mass is 10.3. The second kappa shape index (κ2) is 7.11. The van der Waals surface area contributed by atoms with E-state index in [1.807, 2.05) is 31.3 Å². The zero-order valence-electron chi connectivity index (χ0n) is 11.5. The van der Waals surface area contributed by atoms with Gasteiger partial charge in [0.25, 0.3) is 0 Å². The van der Waals surface area contributed by atoms with E-state index in [9.17, 15) is 0 Å². The highest BCUT2D eigenvalue weighted by Gasteiger charge is 2.08. The van der Waals surface area contributed by atoms with Crippen LogP contribution in [0.1, 0.15) is 12.1 Å². The molecule has 0 fully saturated rings. The minimum absolute atomic E-state index is 0.696. The number of nitrogens with one attached hydrogen (secondary N) is 1. The predicted molar refractivity (Wildman–Crippen MR) is 85.9 cm³/mol. The molecule has 0 aliphatic carbocycles. The van der Waals surface area contributed by atoms with Gasteiger partial charge in [-0.1, -0.05) is 11.6 Å². The molecule has 0 spiro atoms. The molecule has 0 unspecified atom stereocenters.